The van der Waals surface area contributed by atoms with Crippen molar-refractivity contribution < 1.29 is 65.4 Å². The summed E-state index contributed by atoms with van der Waals surface area (Å²) in [6.45, 7) is 0.0885. The lowest BCUT2D eigenvalue weighted by Gasteiger charge is -2.36. The van der Waals surface area contributed by atoms with Crippen molar-refractivity contribution in [1.29, 1.82) is 0 Å². The zero-order valence-corrected chi connectivity index (χ0v) is 13.0. The molecule has 0 radical (unpaired) electrons. The quantitative estimate of drug-likeness (QED) is 0.127. The Morgan fingerprint density at radius 3 is 1.84 bits per heavy atom. The highest BCUT2D eigenvalue weighted by atomic mass is 16.7. The van der Waals surface area contributed by atoms with Crippen LogP contribution < -0.4 is 0 Å². The van der Waals surface area contributed by atoms with Gasteiger partial charge in [-0.3, -0.25) is 0 Å². The molecule has 0 saturated heterocycles. The predicted molar refractivity (Wildman–Crippen MR) is 73.3 cm³/mol. The Morgan fingerprint density at radius 1 is 1.00 bits per heavy atom. The second-order valence-corrected chi connectivity index (χ2v) is 5.22. The van der Waals surface area contributed by atoms with Crippen LogP contribution in [0.15, 0.2) is 0 Å². The number of esters is 1. The fourth-order valence-electron chi connectivity index (χ4n) is 1.65. The van der Waals surface area contributed by atoms with Crippen LogP contribution in [0.25, 0.3) is 0 Å². The van der Waals surface area contributed by atoms with E-state index < -0.39 is 67.1 Å². The molecule has 0 aliphatic rings. The number of carboxylic acids is 1. The van der Waals surface area contributed by atoms with E-state index in [1.54, 1.807) is 0 Å². The minimum atomic E-state index is -4.21. The first-order valence-electron chi connectivity index (χ1n) is 6.92. The first kappa shape index (κ1) is 23.6. The van der Waals surface area contributed by atoms with Crippen LogP contribution in [0, 0.1) is 0 Å². The van der Waals surface area contributed by atoms with Crippen molar-refractivity contribution in [3.05, 3.63) is 0 Å². The van der Waals surface area contributed by atoms with Gasteiger partial charge in [-0.05, 0) is 6.42 Å². The summed E-state index contributed by atoms with van der Waals surface area (Å²) in [6.07, 6.45) is -12.3. The van der Waals surface area contributed by atoms with Gasteiger partial charge >= 0.3 is 17.7 Å². The Balaban J connectivity index is 5.46. The Hall–Kier alpha value is -1.42. The highest BCUT2D eigenvalue weighted by Crippen LogP contribution is 2.25. The molecule has 0 rings (SSSR count). The van der Waals surface area contributed by atoms with Crippen molar-refractivity contribution in [2.45, 2.75) is 55.4 Å². The molecule has 13 nitrogen and oxygen atoms in total. The molecule has 0 saturated carbocycles. The summed E-state index contributed by atoms with van der Waals surface area (Å²) in [5, 5.41) is 93.0. The summed E-state index contributed by atoms with van der Waals surface area (Å²) in [4.78, 5) is 22.7. The Kier molecular flexibility index (Phi) is 8.29. The topological polar surface area (TPSA) is 246 Å². The van der Waals surface area contributed by atoms with Gasteiger partial charge in [0.15, 0.2) is 0 Å². The van der Waals surface area contributed by atoms with E-state index in [1.807, 2.05) is 0 Å². The maximum absolute atomic E-state index is 11.7. The Bertz CT molecular complexity index is 462. The van der Waals surface area contributed by atoms with Crippen LogP contribution in [0.1, 0.15) is 13.3 Å². The van der Waals surface area contributed by atoms with Gasteiger partial charge < -0.3 is 55.8 Å². The number of ether oxygens (including phenoxy) is 1. The van der Waals surface area contributed by atoms with Gasteiger partial charge in [0.25, 0.3) is 5.79 Å². The van der Waals surface area contributed by atoms with Crippen molar-refractivity contribution in [2.75, 3.05) is 6.61 Å². The number of aliphatic carboxylic acids is 1. The molecule has 25 heavy (non-hydrogen) atoms. The molecule has 0 aliphatic heterocycles. The molecule has 1 unspecified atom stereocenters. The van der Waals surface area contributed by atoms with Crippen molar-refractivity contribution >= 4 is 11.9 Å². The van der Waals surface area contributed by atoms with Gasteiger partial charge in [0.2, 0.25) is 6.10 Å². The SMILES string of the molecule is CCC(O)C(O)(O)C(O)(O)C(=O)O[C@@H](C(=O)O)[C@@H](O)[C@H](O)[C@H](O)CO. The molecule has 0 amide bonds. The van der Waals surface area contributed by atoms with E-state index in [4.69, 9.17) is 15.3 Å². The number of aliphatic hydroxyl groups is 9. The molecule has 0 bridgehead atoms. The number of hydrogen-bond acceptors (Lipinski definition) is 12. The van der Waals surface area contributed by atoms with Crippen LogP contribution in [-0.2, 0) is 14.3 Å². The highest BCUT2D eigenvalue weighted by molar-refractivity contribution is 5.83. The largest absolute Gasteiger partial charge is 0.478 e. The number of hydrogen-bond donors (Lipinski definition) is 10. The molecule has 0 aromatic rings. The van der Waals surface area contributed by atoms with Gasteiger partial charge in [-0.2, -0.15) is 0 Å². The monoisotopic (exact) mass is 374 g/mol. The zero-order valence-electron chi connectivity index (χ0n) is 13.0. The summed E-state index contributed by atoms with van der Waals surface area (Å²) in [5.74, 6) is -12.6. The minimum Gasteiger partial charge on any atom is -0.478 e. The van der Waals surface area contributed by atoms with Crippen LogP contribution in [0.3, 0.4) is 0 Å². The lowest BCUT2D eigenvalue weighted by molar-refractivity contribution is -0.373. The Labute approximate surface area is 140 Å². The van der Waals surface area contributed by atoms with E-state index in [2.05, 4.69) is 4.74 Å². The molecule has 13 heteroatoms. The molecule has 0 aromatic carbocycles. The van der Waals surface area contributed by atoms with Crippen LogP contribution >= 0.6 is 0 Å². The molecular formula is C12H22O13. The lowest BCUT2D eigenvalue weighted by Crippen LogP contribution is -2.66. The zero-order chi connectivity index (χ0) is 20.2. The van der Waals surface area contributed by atoms with Gasteiger partial charge in [-0.25, -0.2) is 9.59 Å². The second-order valence-electron chi connectivity index (χ2n) is 5.22. The summed E-state index contributed by atoms with van der Waals surface area (Å²) in [6, 6.07) is 0. The molecule has 5 atom stereocenters. The molecule has 148 valence electrons. The highest BCUT2D eigenvalue weighted by Gasteiger charge is 2.60. The molecule has 0 aliphatic carbocycles. The third-order valence-electron chi connectivity index (χ3n) is 3.37. The lowest BCUT2D eigenvalue weighted by atomic mass is 9.97. The predicted octanol–water partition coefficient (Wildman–Crippen LogP) is -5.81. The van der Waals surface area contributed by atoms with Crippen LogP contribution in [0.5, 0.6) is 0 Å². The number of carboxylic acid groups (broad SMARTS) is 1. The van der Waals surface area contributed by atoms with Gasteiger partial charge in [0, 0.05) is 0 Å². The van der Waals surface area contributed by atoms with E-state index in [0.717, 1.165) is 0 Å². The fourth-order valence-corrected chi connectivity index (χ4v) is 1.65. The molecule has 0 fully saturated rings. The minimum absolute atomic E-state index is 0.463. The standard InChI is InChI=1S/C12H22O13/c1-2-5(15)11(21,22)12(23,24)10(20)25-8(9(18)19)7(17)6(16)4(14)3-13/h4-8,13-17,21-24H,2-3H2,1H3,(H,18,19)/t4-,5?,6-,7+,8-/m1/s1. The average molecular weight is 374 g/mol. The van der Waals surface area contributed by atoms with E-state index in [-0.39, 0.29) is 0 Å². The van der Waals surface area contributed by atoms with Crippen molar-refractivity contribution in [1.82, 2.24) is 0 Å². The first-order valence-corrected chi connectivity index (χ1v) is 6.92. The summed E-state index contributed by atoms with van der Waals surface area (Å²) in [5.41, 5.74) is 0. The molecule has 0 heterocycles. The Morgan fingerprint density at radius 2 is 1.48 bits per heavy atom. The van der Waals surface area contributed by atoms with Gasteiger partial charge in [-0.1, -0.05) is 6.92 Å². The number of carbonyl (C=O) groups excluding carboxylic acids is 1. The van der Waals surface area contributed by atoms with Crippen LogP contribution in [0.4, 0.5) is 0 Å². The summed E-state index contributed by atoms with van der Waals surface area (Å²) < 4.78 is 4.06. The number of aliphatic hydroxyl groups excluding tert-OH is 5. The maximum Gasteiger partial charge on any atom is 0.373 e. The number of rotatable bonds is 10. The van der Waals surface area contributed by atoms with E-state index >= 15 is 0 Å². The van der Waals surface area contributed by atoms with Crippen LogP contribution in [-0.4, -0.2) is 112 Å². The molecule has 0 aromatic heterocycles. The third-order valence-corrected chi connectivity index (χ3v) is 3.37. The van der Waals surface area contributed by atoms with E-state index in [0.29, 0.717) is 0 Å². The van der Waals surface area contributed by atoms with E-state index in [9.17, 15) is 45.3 Å². The van der Waals surface area contributed by atoms with Crippen molar-refractivity contribution in [2.24, 2.45) is 0 Å². The normalized spacial score (nSPS) is 18.8. The van der Waals surface area contributed by atoms with Crippen molar-refractivity contribution in [3.8, 4) is 0 Å². The van der Waals surface area contributed by atoms with Gasteiger partial charge in [0.05, 0.1) is 6.61 Å². The first-order chi connectivity index (χ1) is 11.2. The average Bonchev–Trinajstić information content (AvgIpc) is 2.55. The molecular weight excluding hydrogens is 352 g/mol. The summed E-state index contributed by atoms with van der Waals surface area (Å²) >= 11 is 0. The number of carbonyl (C=O) groups is 2. The summed E-state index contributed by atoms with van der Waals surface area (Å²) in [7, 11) is 0. The van der Waals surface area contributed by atoms with Gasteiger partial charge in [0.1, 0.15) is 24.4 Å². The van der Waals surface area contributed by atoms with Crippen LogP contribution in [0.2, 0.25) is 0 Å². The fraction of sp³-hybridized carbons (Fsp3) is 0.833. The smallest absolute Gasteiger partial charge is 0.373 e. The van der Waals surface area contributed by atoms with E-state index in [1.165, 1.54) is 6.92 Å². The molecule has 10 N–H and O–H groups in total. The maximum atomic E-state index is 11.7. The second kappa shape index (κ2) is 8.79. The van der Waals surface area contributed by atoms with Gasteiger partial charge in [-0.15, -0.1) is 0 Å². The molecule has 0 spiro atoms. The van der Waals surface area contributed by atoms with Crippen molar-refractivity contribution in [3.63, 3.8) is 0 Å². The third kappa shape index (κ3) is 5.04.